The first kappa shape index (κ1) is 11.4. The SMILES string of the molecule is CC1=CC(c2cccc([N+](=O)[O-])c2)C=C(C)N1. The standard InChI is InChI=1S/C13H14N2O2/c1-9-6-12(7-10(2)14-9)11-4-3-5-13(8-11)15(16)17/h3-8,12,14H,1-2H3. The quantitative estimate of drug-likeness (QED) is 0.627. The second-order valence-electron chi connectivity index (χ2n) is 4.20. The van der Waals surface area contributed by atoms with Crippen molar-refractivity contribution in [2.24, 2.45) is 0 Å². The maximum absolute atomic E-state index is 10.7. The molecule has 1 aliphatic rings. The third kappa shape index (κ3) is 2.53. The van der Waals surface area contributed by atoms with E-state index in [1.54, 1.807) is 12.1 Å². The van der Waals surface area contributed by atoms with Crippen LogP contribution in [0, 0.1) is 10.1 Å². The smallest absolute Gasteiger partial charge is 0.269 e. The Morgan fingerprint density at radius 2 is 1.88 bits per heavy atom. The van der Waals surface area contributed by atoms with E-state index in [-0.39, 0.29) is 16.5 Å². The second kappa shape index (κ2) is 4.41. The van der Waals surface area contributed by atoms with Gasteiger partial charge in [0.2, 0.25) is 0 Å². The lowest BCUT2D eigenvalue weighted by Gasteiger charge is -2.19. The Bertz CT molecular complexity index is 500. The fourth-order valence-corrected chi connectivity index (χ4v) is 2.02. The van der Waals surface area contributed by atoms with E-state index in [1.807, 2.05) is 19.9 Å². The van der Waals surface area contributed by atoms with Crippen molar-refractivity contribution in [1.29, 1.82) is 0 Å². The minimum absolute atomic E-state index is 0.108. The number of benzene rings is 1. The minimum Gasteiger partial charge on any atom is -0.363 e. The molecule has 0 aromatic heterocycles. The molecule has 88 valence electrons. The molecule has 1 N–H and O–H groups in total. The number of hydrogen-bond acceptors (Lipinski definition) is 3. The van der Waals surface area contributed by atoms with Gasteiger partial charge in [-0.3, -0.25) is 10.1 Å². The van der Waals surface area contributed by atoms with Crippen LogP contribution in [0.4, 0.5) is 5.69 Å². The number of rotatable bonds is 2. The van der Waals surface area contributed by atoms with Crippen molar-refractivity contribution in [2.45, 2.75) is 19.8 Å². The Balaban J connectivity index is 2.37. The average Bonchev–Trinajstić information content (AvgIpc) is 2.28. The third-order valence-corrected chi connectivity index (χ3v) is 2.72. The van der Waals surface area contributed by atoms with E-state index in [0.717, 1.165) is 17.0 Å². The number of allylic oxidation sites excluding steroid dienone is 4. The molecule has 2 rings (SSSR count). The molecular weight excluding hydrogens is 216 g/mol. The van der Waals surface area contributed by atoms with Crippen LogP contribution in [0.15, 0.2) is 47.8 Å². The van der Waals surface area contributed by atoms with Crippen LogP contribution in [0.5, 0.6) is 0 Å². The summed E-state index contributed by atoms with van der Waals surface area (Å²) in [5.41, 5.74) is 3.22. The van der Waals surface area contributed by atoms with Gasteiger partial charge >= 0.3 is 0 Å². The van der Waals surface area contributed by atoms with Crippen LogP contribution in [-0.2, 0) is 0 Å². The molecule has 1 aromatic rings. The predicted molar refractivity (Wildman–Crippen MR) is 66.5 cm³/mol. The average molecular weight is 230 g/mol. The number of nitro groups is 1. The van der Waals surface area contributed by atoms with Crippen molar-refractivity contribution < 1.29 is 4.92 Å². The molecule has 0 spiro atoms. The highest BCUT2D eigenvalue weighted by Gasteiger charge is 2.14. The van der Waals surface area contributed by atoms with Crippen molar-refractivity contribution in [3.8, 4) is 0 Å². The molecule has 0 bridgehead atoms. The van der Waals surface area contributed by atoms with Crippen molar-refractivity contribution >= 4 is 5.69 Å². The molecule has 0 saturated carbocycles. The number of dihydropyridines is 1. The van der Waals surface area contributed by atoms with Crippen molar-refractivity contribution in [1.82, 2.24) is 5.32 Å². The second-order valence-corrected chi connectivity index (χ2v) is 4.20. The monoisotopic (exact) mass is 230 g/mol. The topological polar surface area (TPSA) is 55.2 Å². The Hall–Kier alpha value is -2.10. The number of nitrogens with zero attached hydrogens (tertiary/aromatic N) is 1. The van der Waals surface area contributed by atoms with Crippen LogP contribution in [0.2, 0.25) is 0 Å². The molecule has 4 nitrogen and oxygen atoms in total. The summed E-state index contributed by atoms with van der Waals surface area (Å²) < 4.78 is 0. The number of nitrogens with one attached hydrogen (secondary N) is 1. The zero-order valence-corrected chi connectivity index (χ0v) is 9.81. The molecule has 0 atom stereocenters. The Morgan fingerprint density at radius 1 is 1.24 bits per heavy atom. The first-order chi connectivity index (χ1) is 8.06. The highest BCUT2D eigenvalue weighted by atomic mass is 16.6. The minimum atomic E-state index is -0.363. The van der Waals surface area contributed by atoms with Crippen LogP contribution < -0.4 is 5.32 Å². The van der Waals surface area contributed by atoms with Gasteiger partial charge in [0.1, 0.15) is 0 Å². The van der Waals surface area contributed by atoms with Gasteiger partial charge in [-0.15, -0.1) is 0 Å². The molecule has 17 heavy (non-hydrogen) atoms. The van der Waals surface area contributed by atoms with Crippen LogP contribution in [0.25, 0.3) is 0 Å². The summed E-state index contributed by atoms with van der Waals surface area (Å²) in [4.78, 5) is 10.4. The van der Waals surface area contributed by atoms with E-state index in [0.29, 0.717) is 0 Å². The van der Waals surface area contributed by atoms with E-state index in [4.69, 9.17) is 0 Å². The summed E-state index contributed by atoms with van der Waals surface area (Å²) in [5.74, 6) is 0.108. The normalized spacial score (nSPS) is 15.9. The molecule has 1 heterocycles. The Labute approximate surface area is 99.8 Å². The molecule has 0 aliphatic carbocycles. The van der Waals surface area contributed by atoms with Gasteiger partial charge in [0.15, 0.2) is 0 Å². The molecular formula is C13H14N2O2. The Kier molecular flexibility index (Phi) is 2.95. The highest BCUT2D eigenvalue weighted by molar-refractivity contribution is 5.41. The first-order valence-electron chi connectivity index (χ1n) is 5.44. The van der Waals surface area contributed by atoms with Crippen LogP contribution in [0.1, 0.15) is 25.3 Å². The van der Waals surface area contributed by atoms with Gasteiger partial charge in [-0.1, -0.05) is 24.3 Å². The lowest BCUT2D eigenvalue weighted by molar-refractivity contribution is -0.384. The zero-order chi connectivity index (χ0) is 12.4. The first-order valence-corrected chi connectivity index (χ1v) is 5.44. The maximum Gasteiger partial charge on any atom is 0.269 e. The van der Waals surface area contributed by atoms with Gasteiger partial charge in [0, 0.05) is 29.4 Å². The summed E-state index contributed by atoms with van der Waals surface area (Å²) in [6.07, 6.45) is 4.12. The summed E-state index contributed by atoms with van der Waals surface area (Å²) >= 11 is 0. The van der Waals surface area contributed by atoms with Crippen LogP contribution in [0.3, 0.4) is 0 Å². The molecule has 4 heteroatoms. The largest absolute Gasteiger partial charge is 0.363 e. The van der Waals surface area contributed by atoms with E-state index in [9.17, 15) is 10.1 Å². The molecule has 1 aliphatic heterocycles. The van der Waals surface area contributed by atoms with E-state index >= 15 is 0 Å². The van der Waals surface area contributed by atoms with E-state index in [1.165, 1.54) is 6.07 Å². The van der Waals surface area contributed by atoms with Gasteiger partial charge in [0.05, 0.1) is 4.92 Å². The lowest BCUT2D eigenvalue weighted by Crippen LogP contribution is -2.14. The lowest BCUT2D eigenvalue weighted by atomic mass is 9.94. The van der Waals surface area contributed by atoms with Crippen LogP contribution in [-0.4, -0.2) is 4.92 Å². The molecule has 0 saturated heterocycles. The molecule has 0 radical (unpaired) electrons. The van der Waals surface area contributed by atoms with Gasteiger partial charge in [-0.25, -0.2) is 0 Å². The zero-order valence-electron chi connectivity index (χ0n) is 9.81. The summed E-state index contributed by atoms with van der Waals surface area (Å²) in [6.45, 7) is 3.97. The fourth-order valence-electron chi connectivity index (χ4n) is 2.02. The fraction of sp³-hybridized carbons (Fsp3) is 0.231. The van der Waals surface area contributed by atoms with Crippen molar-refractivity contribution in [2.75, 3.05) is 0 Å². The van der Waals surface area contributed by atoms with E-state index < -0.39 is 0 Å². The van der Waals surface area contributed by atoms with E-state index in [2.05, 4.69) is 17.5 Å². The molecule has 0 fully saturated rings. The summed E-state index contributed by atoms with van der Waals surface area (Å²) in [7, 11) is 0. The van der Waals surface area contributed by atoms with Crippen LogP contribution >= 0.6 is 0 Å². The van der Waals surface area contributed by atoms with Gasteiger partial charge < -0.3 is 5.32 Å². The Morgan fingerprint density at radius 3 is 2.47 bits per heavy atom. The van der Waals surface area contributed by atoms with Gasteiger partial charge in [-0.2, -0.15) is 0 Å². The summed E-state index contributed by atoms with van der Waals surface area (Å²) in [5, 5.41) is 13.9. The number of hydrogen-bond donors (Lipinski definition) is 1. The molecule has 0 unspecified atom stereocenters. The number of nitro benzene ring substituents is 1. The van der Waals surface area contributed by atoms with Crippen molar-refractivity contribution in [3.63, 3.8) is 0 Å². The maximum atomic E-state index is 10.7. The summed E-state index contributed by atoms with van der Waals surface area (Å²) in [6, 6.07) is 6.78. The van der Waals surface area contributed by atoms with Gasteiger partial charge in [0.25, 0.3) is 5.69 Å². The van der Waals surface area contributed by atoms with Crippen molar-refractivity contribution in [3.05, 3.63) is 63.5 Å². The highest BCUT2D eigenvalue weighted by Crippen LogP contribution is 2.27. The molecule has 0 amide bonds. The molecule has 1 aromatic carbocycles. The predicted octanol–water partition coefficient (Wildman–Crippen LogP) is 3.09. The number of non-ortho nitro benzene ring substituents is 1. The van der Waals surface area contributed by atoms with Gasteiger partial charge in [-0.05, 0) is 19.4 Å². The third-order valence-electron chi connectivity index (χ3n) is 2.72.